The van der Waals surface area contributed by atoms with Crippen molar-refractivity contribution in [3.63, 3.8) is 0 Å². The number of aromatic nitrogens is 1. The molecule has 0 aliphatic rings. The Morgan fingerprint density at radius 2 is 2.33 bits per heavy atom. The van der Waals surface area contributed by atoms with E-state index in [2.05, 4.69) is 30.9 Å². The van der Waals surface area contributed by atoms with Gasteiger partial charge < -0.3 is 4.98 Å². The van der Waals surface area contributed by atoms with Crippen LogP contribution in [0.3, 0.4) is 0 Å². The van der Waals surface area contributed by atoms with Gasteiger partial charge in [0, 0.05) is 0 Å². The third-order valence-corrected chi connectivity index (χ3v) is 0.820. The molecule has 1 heterocycles. The number of rotatable bonds is 0. The minimum absolute atomic E-state index is 0.676. The van der Waals surface area contributed by atoms with Gasteiger partial charge in [-0.1, -0.05) is 17.4 Å². The maximum atomic E-state index is 5.47. The van der Waals surface area contributed by atoms with Gasteiger partial charge in [-0.15, -0.1) is 12.1 Å². The predicted molar refractivity (Wildman–Crippen MR) is 42.1 cm³/mol. The summed E-state index contributed by atoms with van der Waals surface area (Å²) in [6.07, 6.45) is 4.18. The summed E-state index contributed by atoms with van der Waals surface area (Å²) in [7, 11) is 0. The summed E-state index contributed by atoms with van der Waals surface area (Å²) in [4.78, 5) is 3.64. The summed E-state index contributed by atoms with van der Waals surface area (Å²) in [5.74, 6) is 0. The van der Waals surface area contributed by atoms with Crippen molar-refractivity contribution in [2.75, 3.05) is 0 Å². The zero-order valence-corrected chi connectivity index (χ0v) is 10.5. The van der Waals surface area contributed by atoms with Crippen molar-refractivity contribution in [3.05, 3.63) is 29.5 Å². The molecule has 1 nitrogen and oxygen atoms in total. The van der Waals surface area contributed by atoms with Gasteiger partial charge in [-0.3, -0.25) is 0 Å². The van der Waals surface area contributed by atoms with E-state index in [1.54, 1.807) is 18.3 Å². The molecule has 1 aromatic rings. The quantitative estimate of drug-likeness (QED) is 0.407. The Hall–Kier alpha value is 0.793. The number of halogens is 2. The van der Waals surface area contributed by atoms with E-state index in [0.717, 1.165) is 0 Å². The standard InChI is InChI=1S/C5H3ClN.HI.Zn/c6-5-1-3-7-4-2-5;;/h1-3H;1H;/q-1;;+2/p-1. The first-order chi connectivity index (χ1) is 4.39. The van der Waals surface area contributed by atoms with Crippen LogP contribution in [-0.2, 0) is 14.8 Å². The van der Waals surface area contributed by atoms with Crippen LogP contribution in [0.2, 0.25) is 5.02 Å². The Balaban J connectivity index is 0.000000291. The SMILES string of the molecule is Clc1c[c-]ncc1.[Zn+][I]. The van der Waals surface area contributed by atoms with Crippen LogP contribution >= 0.6 is 31.4 Å². The average molecular weight is 305 g/mol. The van der Waals surface area contributed by atoms with Crippen molar-refractivity contribution in [1.82, 2.24) is 4.98 Å². The topological polar surface area (TPSA) is 12.9 Å². The van der Waals surface area contributed by atoms with E-state index >= 15 is 0 Å². The first-order valence-corrected chi connectivity index (χ1v) is 11.6. The molecule has 0 aliphatic carbocycles. The van der Waals surface area contributed by atoms with Gasteiger partial charge in [0.05, 0.1) is 0 Å². The van der Waals surface area contributed by atoms with Gasteiger partial charge in [-0.25, -0.2) is 0 Å². The maximum absolute atomic E-state index is 5.47. The van der Waals surface area contributed by atoms with E-state index in [1.807, 2.05) is 0 Å². The third-order valence-electron chi connectivity index (χ3n) is 0.585. The van der Waals surface area contributed by atoms with E-state index in [-0.39, 0.29) is 0 Å². The van der Waals surface area contributed by atoms with Crippen LogP contribution in [0.1, 0.15) is 0 Å². The van der Waals surface area contributed by atoms with Crippen LogP contribution in [0.5, 0.6) is 0 Å². The molecule has 0 amide bonds. The fourth-order valence-corrected chi connectivity index (χ4v) is 0.404. The molecule has 0 saturated heterocycles. The van der Waals surface area contributed by atoms with Crippen molar-refractivity contribution < 1.29 is 14.8 Å². The monoisotopic (exact) mass is 303 g/mol. The number of hydrogen-bond donors (Lipinski definition) is 0. The van der Waals surface area contributed by atoms with E-state index in [9.17, 15) is 0 Å². The Bertz CT molecular complexity index is 147. The van der Waals surface area contributed by atoms with Gasteiger partial charge in [0.15, 0.2) is 0 Å². The van der Waals surface area contributed by atoms with E-state index in [0.29, 0.717) is 5.02 Å². The van der Waals surface area contributed by atoms with Crippen molar-refractivity contribution in [1.29, 1.82) is 0 Å². The summed E-state index contributed by atoms with van der Waals surface area (Å²) < 4.78 is 0. The third kappa shape index (κ3) is 5.25. The van der Waals surface area contributed by atoms with Gasteiger partial charge in [0.2, 0.25) is 0 Å². The minimum atomic E-state index is 0.676. The fraction of sp³-hybridized carbons (Fsp3) is 0. The molecular formula is C5H3ClINZn. The van der Waals surface area contributed by atoms with Crippen LogP contribution in [0.4, 0.5) is 0 Å². The molecule has 0 radical (unpaired) electrons. The van der Waals surface area contributed by atoms with Crippen molar-refractivity contribution >= 4 is 31.4 Å². The van der Waals surface area contributed by atoms with Gasteiger partial charge in [0.25, 0.3) is 0 Å². The molecule has 0 unspecified atom stereocenters. The molecule has 0 aliphatic heterocycles. The molecule has 9 heavy (non-hydrogen) atoms. The number of hydrogen-bond acceptors (Lipinski definition) is 1. The first-order valence-electron chi connectivity index (χ1n) is 2.14. The van der Waals surface area contributed by atoms with E-state index in [4.69, 9.17) is 11.6 Å². The molecule has 4 heteroatoms. The zero-order valence-electron chi connectivity index (χ0n) is 4.64. The van der Waals surface area contributed by atoms with Crippen molar-refractivity contribution in [3.8, 4) is 0 Å². The number of pyridine rings is 1. The molecule has 0 bridgehead atoms. The molecular weight excluding hydrogens is 302 g/mol. The number of nitrogens with zero attached hydrogens (tertiary/aromatic N) is 1. The van der Waals surface area contributed by atoms with Crippen LogP contribution in [0, 0.1) is 6.20 Å². The Morgan fingerprint density at radius 3 is 2.56 bits per heavy atom. The Labute approximate surface area is 80.1 Å². The Morgan fingerprint density at radius 1 is 1.67 bits per heavy atom. The second kappa shape index (κ2) is 6.91. The van der Waals surface area contributed by atoms with Gasteiger partial charge >= 0.3 is 34.5 Å². The normalized spacial score (nSPS) is 7.56. The van der Waals surface area contributed by atoms with E-state index in [1.165, 1.54) is 14.8 Å². The van der Waals surface area contributed by atoms with Crippen LogP contribution in [-0.4, -0.2) is 4.98 Å². The summed E-state index contributed by atoms with van der Waals surface area (Å²) in [5, 5.41) is 0.676. The molecule has 0 spiro atoms. The summed E-state index contributed by atoms with van der Waals surface area (Å²) in [5.41, 5.74) is 0. The molecule has 44 valence electrons. The van der Waals surface area contributed by atoms with Crippen LogP contribution in [0.15, 0.2) is 18.3 Å². The summed E-state index contributed by atoms with van der Waals surface area (Å²) in [6, 6.07) is 3.32. The molecule has 0 saturated carbocycles. The second-order valence-electron chi connectivity index (χ2n) is 1.10. The molecule has 0 N–H and O–H groups in total. The summed E-state index contributed by atoms with van der Waals surface area (Å²) in [6.45, 7) is 0. The molecule has 1 aromatic heterocycles. The van der Waals surface area contributed by atoms with Crippen molar-refractivity contribution in [2.45, 2.75) is 0 Å². The fourth-order valence-electron chi connectivity index (χ4n) is 0.299. The zero-order chi connectivity index (χ0) is 7.11. The molecule has 1 rings (SSSR count). The Kier molecular flexibility index (Phi) is 7.52. The first kappa shape index (κ1) is 9.79. The average Bonchev–Trinajstić information content (AvgIpc) is 1.94. The van der Waals surface area contributed by atoms with Crippen LogP contribution in [0.25, 0.3) is 0 Å². The molecule has 0 atom stereocenters. The molecule has 0 aromatic carbocycles. The van der Waals surface area contributed by atoms with Crippen LogP contribution < -0.4 is 0 Å². The summed E-state index contributed by atoms with van der Waals surface area (Å²) >= 11 is 9.09. The predicted octanol–water partition coefficient (Wildman–Crippen LogP) is 2.42. The molecule has 0 fully saturated rings. The second-order valence-corrected chi connectivity index (χ2v) is 1.54. The van der Waals surface area contributed by atoms with Gasteiger partial charge in [0.1, 0.15) is 0 Å². The van der Waals surface area contributed by atoms with Gasteiger partial charge in [-0.2, -0.15) is 11.6 Å². The van der Waals surface area contributed by atoms with Gasteiger partial charge in [-0.05, 0) is 0 Å². The van der Waals surface area contributed by atoms with Crippen molar-refractivity contribution in [2.24, 2.45) is 0 Å². The van der Waals surface area contributed by atoms with E-state index < -0.39 is 0 Å².